The topological polar surface area (TPSA) is 38.0 Å². The molecule has 3 heteroatoms. The average Bonchev–Trinajstić information content (AvgIpc) is 2.86. The Morgan fingerprint density at radius 2 is 2.12 bits per heavy atom. The van der Waals surface area contributed by atoms with Gasteiger partial charge in [-0.3, -0.25) is 4.68 Å². The molecule has 1 aromatic carbocycles. The quantitative estimate of drug-likeness (QED) is 0.783. The largest absolute Gasteiger partial charge is 0.379 e. The Balaban J connectivity index is 2.14. The van der Waals surface area contributed by atoms with E-state index in [2.05, 4.69) is 11.2 Å². The number of hydrogen-bond donors (Lipinski definition) is 1. The smallest absolute Gasteiger partial charge is 0.134 e. The van der Waals surface area contributed by atoms with E-state index in [1.807, 2.05) is 37.5 Å². The van der Waals surface area contributed by atoms with Crippen molar-refractivity contribution in [3.05, 3.63) is 53.3 Å². The van der Waals surface area contributed by atoms with Crippen molar-refractivity contribution in [1.29, 1.82) is 0 Å². The molecule has 1 atom stereocenters. The van der Waals surface area contributed by atoms with Crippen LogP contribution in [0.2, 0.25) is 0 Å². The van der Waals surface area contributed by atoms with Gasteiger partial charge in [0.25, 0.3) is 0 Å². The lowest BCUT2D eigenvalue weighted by Crippen LogP contribution is -2.24. The van der Waals surface area contributed by atoms with Crippen LogP contribution < -0.4 is 0 Å². The third-order valence-electron chi connectivity index (χ3n) is 3.36. The van der Waals surface area contributed by atoms with Gasteiger partial charge in [0, 0.05) is 13.2 Å². The predicted molar refractivity (Wildman–Crippen MR) is 61.0 cm³/mol. The molecule has 3 nitrogen and oxygen atoms in total. The van der Waals surface area contributed by atoms with Crippen LogP contribution in [-0.4, -0.2) is 14.9 Å². The van der Waals surface area contributed by atoms with Gasteiger partial charge in [-0.05, 0) is 30.0 Å². The maximum atomic E-state index is 10.8. The second kappa shape index (κ2) is 3.19. The zero-order valence-electron chi connectivity index (χ0n) is 9.22. The van der Waals surface area contributed by atoms with Crippen molar-refractivity contribution >= 4 is 0 Å². The number of hydrogen-bond acceptors (Lipinski definition) is 2. The summed E-state index contributed by atoms with van der Waals surface area (Å²) >= 11 is 0. The number of fused-ring (bicyclic) bond motifs is 1. The van der Waals surface area contributed by atoms with Crippen LogP contribution in [0.4, 0.5) is 0 Å². The molecule has 1 N–H and O–H groups in total. The van der Waals surface area contributed by atoms with Gasteiger partial charge in [0.2, 0.25) is 0 Å². The fraction of sp³-hybridized carbons (Fsp3) is 0.308. The molecule has 0 spiro atoms. The number of nitrogens with zero attached hydrogens (tertiary/aromatic N) is 2. The van der Waals surface area contributed by atoms with Crippen LogP contribution in [0, 0.1) is 0 Å². The lowest BCUT2D eigenvalue weighted by Gasteiger charge is -2.21. The molecular weight excluding hydrogens is 200 g/mol. The molecule has 0 saturated carbocycles. The summed E-state index contributed by atoms with van der Waals surface area (Å²) in [6, 6.07) is 9.95. The monoisotopic (exact) mass is 214 g/mol. The molecule has 0 fully saturated rings. The van der Waals surface area contributed by atoms with Crippen molar-refractivity contribution in [2.45, 2.75) is 18.4 Å². The van der Waals surface area contributed by atoms with Crippen LogP contribution in [0.1, 0.15) is 23.2 Å². The molecule has 2 aromatic rings. The van der Waals surface area contributed by atoms with E-state index in [1.165, 1.54) is 5.56 Å². The van der Waals surface area contributed by atoms with Gasteiger partial charge < -0.3 is 5.11 Å². The van der Waals surface area contributed by atoms with E-state index in [0.29, 0.717) is 0 Å². The summed E-state index contributed by atoms with van der Waals surface area (Å²) in [6.07, 6.45) is 3.51. The van der Waals surface area contributed by atoms with Gasteiger partial charge >= 0.3 is 0 Å². The molecule has 0 saturated heterocycles. The summed E-state index contributed by atoms with van der Waals surface area (Å²) in [5, 5.41) is 15.1. The Hall–Kier alpha value is -1.61. The van der Waals surface area contributed by atoms with Crippen molar-refractivity contribution < 1.29 is 5.11 Å². The highest BCUT2D eigenvalue weighted by Gasteiger charge is 2.39. The Bertz CT molecular complexity index is 532. The van der Waals surface area contributed by atoms with Crippen molar-refractivity contribution in [1.82, 2.24) is 9.78 Å². The Kier molecular flexibility index (Phi) is 1.91. The van der Waals surface area contributed by atoms with Crippen LogP contribution in [0.15, 0.2) is 36.5 Å². The van der Waals surface area contributed by atoms with E-state index < -0.39 is 5.60 Å². The van der Waals surface area contributed by atoms with Crippen LogP contribution in [0.5, 0.6) is 0 Å². The van der Waals surface area contributed by atoms with Crippen molar-refractivity contribution in [2.75, 3.05) is 0 Å². The third kappa shape index (κ3) is 1.21. The molecule has 1 aliphatic carbocycles. The van der Waals surface area contributed by atoms with E-state index in [-0.39, 0.29) is 0 Å². The maximum Gasteiger partial charge on any atom is 0.134 e. The number of aryl methyl sites for hydroxylation is 2. The first-order valence-electron chi connectivity index (χ1n) is 5.51. The van der Waals surface area contributed by atoms with Gasteiger partial charge in [0.1, 0.15) is 5.60 Å². The Morgan fingerprint density at radius 1 is 1.31 bits per heavy atom. The first-order valence-corrected chi connectivity index (χ1v) is 5.51. The predicted octanol–water partition coefficient (Wildman–Crippen LogP) is 1.60. The van der Waals surface area contributed by atoms with Gasteiger partial charge in [0.15, 0.2) is 0 Å². The number of aliphatic hydroxyl groups is 1. The molecule has 16 heavy (non-hydrogen) atoms. The molecule has 1 aromatic heterocycles. The SMILES string of the molecule is Cn1ccc(C2(O)CCc3ccccc32)n1. The van der Waals surface area contributed by atoms with E-state index >= 15 is 0 Å². The molecular formula is C13H14N2O. The highest BCUT2D eigenvalue weighted by atomic mass is 16.3. The minimum Gasteiger partial charge on any atom is -0.379 e. The van der Waals surface area contributed by atoms with E-state index in [4.69, 9.17) is 0 Å². The summed E-state index contributed by atoms with van der Waals surface area (Å²) in [6.45, 7) is 0. The van der Waals surface area contributed by atoms with E-state index in [1.54, 1.807) is 4.68 Å². The van der Waals surface area contributed by atoms with Crippen LogP contribution in [-0.2, 0) is 19.1 Å². The zero-order valence-corrected chi connectivity index (χ0v) is 9.22. The fourth-order valence-corrected chi connectivity index (χ4v) is 2.49. The second-order valence-electron chi connectivity index (χ2n) is 4.39. The van der Waals surface area contributed by atoms with Gasteiger partial charge in [-0.2, -0.15) is 5.10 Å². The molecule has 1 aliphatic rings. The van der Waals surface area contributed by atoms with Crippen molar-refractivity contribution in [2.24, 2.45) is 7.05 Å². The number of rotatable bonds is 1. The summed E-state index contributed by atoms with van der Waals surface area (Å²) in [5.74, 6) is 0. The highest BCUT2D eigenvalue weighted by Crippen LogP contribution is 2.40. The zero-order chi connectivity index (χ0) is 11.2. The normalized spacial score (nSPS) is 23.4. The van der Waals surface area contributed by atoms with E-state index in [0.717, 1.165) is 24.1 Å². The lowest BCUT2D eigenvalue weighted by molar-refractivity contribution is 0.0776. The first-order chi connectivity index (χ1) is 7.70. The fourth-order valence-electron chi connectivity index (χ4n) is 2.49. The Morgan fingerprint density at radius 3 is 2.88 bits per heavy atom. The summed E-state index contributed by atoms with van der Waals surface area (Å²) in [4.78, 5) is 0. The highest BCUT2D eigenvalue weighted by molar-refractivity contribution is 5.42. The van der Waals surface area contributed by atoms with E-state index in [9.17, 15) is 5.11 Å². The minimum absolute atomic E-state index is 0.726. The summed E-state index contributed by atoms with van der Waals surface area (Å²) in [5.41, 5.74) is 2.10. The molecule has 0 aliphatic heterocycles. The average molecular weight is 214 g/mol. The van der Waals surface area contributed by atoms with Crippen LogP contribution in [0.3, 0.4) is 0 Å². The standard InChI is InChI=1S/C13H14N2O/c1-15-9-7-12(14-15)13(16)8-6-10-4-2-3-5-11(10)13/h2-5,7,9,16H,6,8H2,1H3. The van der Waals surface area contributed by atoms with Crippen molar-refractivity contribution in [3.8, 4) is 0 Å². The molecule has 1 unspecified atom stereocenters. The van der Waals surface area contributed by atoms with Crippen LogP contribution in [0.25, 0.3) is 0 Å². The third-order valence-corrected chi connectivity index (χ3v) is 3.36. The van der Waals surface area contributed by atoms with Crippen molar-refractivity contribution in [3.63, 3.8) is 0 Å². The molecule has 0 bridgehead atoms. The van der Waals surface area contributed by atoms with Gasteiger partial charge in [-0.1, -0.05) is 24.3 Å². The summed E-state index contributed by atoms with van der Waals surface area (Å²) < 4.78 is 1.73. The molecule has 1 heterocycles. The number of aromatic nitrogens is 2. The van der Waals surface area contributed by atoms with Gasteiger partial charge in [-0.15, -0.1) is 0 Å². The molecule has 0 amide bonds. The van der Waals surface area contributed by atoms with Crippen LogP contribution >= 0.6 is 0 Å². The number of benzene rings is 1. The molecule has 82 valence electrons. The molecule has 3 rings (SSSR count). The van der Waals surface area contributed by atoms with Gasteiger partial charge in [0.05, 0.1) is 5.69 Å². The second-order valence-corrected chi connectivity index (χ2v) is 4.39. The van der Waals surface area contributed by atoms with Gasteiger partial charge in [-0.25, -0.2) is 0 Å². The molecule has 0 radical (unpaired) electrons. The minimum atomic E-state index is -0.891. The maximum absolute atomic E-state index is 10.8. The summed E-state index contributed by atoms with van der Waals surface area (Å²) in [7, 11) is 1.87. The first kappa shape index (κ1) is 9.60. The Labute approximate surface area is 94.3 Å². The lowest BCUT2D eigenvalue weighted by atomic mass is 9.92.